The van der Waals surface area contributed by atoms with Gasteiger partial charge in [0.05, 0.1) is 12.0 Å². The van der Waals surface area contributed by atoms with Crippen molar-refractivity contribution in [1.82, 2.24) is 10.2 Å². The van der Waals surface area contributed by atoms with E-state index in [9.17, 15) is 14.4 Å². The Labute approximate surface area is 223 Å². The molecule has 0 saturated carbocycles. The van der Waals surface area contributed by atoms with E-state index in [1.807, 2.05) is 97.9 Å². The van der Waals surface area contributed by atoms with Crippen LogP contribution in [0.5, 0.6) is 0 Å². The Hall–Kier alpha value is -4.51. The number of benzene rings is 4. The number of amides is 2. The van der Waals surface area contributed by atoms with E-state index in [1.165, 1.54) is 0 Å². The van der Waals surface area contributed by atoms with Crippen LogP contribution >= 0.6 is 0 Å². The lowest BCUT2D eigenvalue weighted by molar-refractivity contribution is -0.125. The number of nitrogens with one attached hydrogen (secondary N) is 1. The third-order valence-electron chi connectivity index (χ3n) is 7.40. The third kappa shape index (κ3) is 4.63. The fraction of sp³-hybridized carbons (Fsp3) is 0.182. The van der Waals surface area contributed by atoms with E-state index in [1.54, 1.807) is 36.2 Å². The minimum absolute atomic E-state index is 0.0959. The summed E-state index contributed by atoms with van der Waals surface area (Å²) in [6.07, 6.45) is 0. The molecule has 38 heavy (non-hydrogen) atoms. The van der Waals surface area contributed by atoms with Crippen LogP contribution in [0.4, 0.5) is 0 Å². The summed E-state index contributed by atoms with van der Waals surface area (Å²) in [6, 6.07) is 34.1. The summed E-state index contributed by atoms with van der Waals surface area (Å²) in [4.78, 5) is 43.9. The monoisotopic (exact) mass is 502 g/mol. The largest absolute Gasteiger partial charge is 0.357 e. The average Bonchev–Trinajstić information content (AvgIpc) is 3.34. The molecule has 4 aromatic rings. The number of nitrogens with zero attached hydrogens (tertiary/aromatic N) is 1. The smallest absolute Gasteiger partial charge is 0.255 e. The quantitative estimate of drug-likeness (QED) is 0.350. The topological polar surface area (TPSA) is 66.5 Å². The Morgan fingerprint density at radius 1 is 0.658 bits per heavy atom. The maximum absolute atomic E-state index is 14.4. The van der Waals surface area contributed by atoms with Gasteiger partial charge in [0.1, 0.15) is 6.04 Å². The van der Waals surface area contributed by atoms with Gasteiger partial charge < -0.3 is 10.2 Å². The zero-order chi connectivity index (χ0) is 26.6. The van der Waals surface area contributed by atoms with Crippen LogP contribution in [0.1, 0.15) is 49.4 Å². The van der Waals surface area contributed by atoms with E-state index in [4.69, 9.17) is 0 Å². The zero-order valence-corrected chi connectivity index (χ0v) is 21.5. The maximum atomic E-state index is 14.4. The van der Waals surface area contributed by atoms with Crippen molar-refractivity contribution in [2.45, 2.75) is 24.9 Å². The van der Waals surface area contributed by atoms with Crippen LogP contribution in [0.2, 0.25) is 0 Å². The summed E-state index contributed by atoms with van der Waals surface area (Å²) >= 11 is 0. The number of rotatable bonds is 6. The molecule has 0 radical (unpaired) electrons. The van der Waals surface area contributed by atoms with Gasteiger partial charge in [0.2, 0.25) is 5.91 Å². The van der Waals surface area contributed by atoms with Crippen molar-refractivity contribution in [3.05, 3.63) is 143 Å². The van der Waals surface area contributed by atoms with Crippen LogP contribution in [-0.2, 0) is 4.79 Å². The maximum Gasteiger partial charge on any atom is 0.255 e. The van der Waals surface area contributed by atoms with Crippen molar-refractivity contribution in [3.63, 3.8) is 0 Å². The fourth-order valence-electron chi connectivity index (χ4n) is 5.63. The van der Waals surface area contributed by atoms with E-state index >= 15 is 0 Å². The lowest BCUT2D eigenvalue weighted by Crippen LogP contribution is -2.47. The number of likely N-dealkylation sites (N-methyl/N-ethyl adjacent to an activating group) is 1. The van der Waals surface area contributed by atoms with Crippen LogP contribution in [0, 0.1) is 12.8 Å². The van der Waals surface area contributed by atoms with Gasteiger partial charge >= 0.3 is 0 Å². The minimum atomic E-state index is -0.890. The van der Waals surface area contributed by atoms with Crippen molar-refractivity contribution in [1.29, 1.82) is 0 Å². The summed E-state index contributed by atoms with van der Waals surface area (Å²) in [6.45, 7) is 1.96. The lowest BCUT2D eigenvalue weighted by atomic mass is 9.76. The second-order valence-electron chi connectivity index (χ2n) is 9.69. The fourth-order valence-corrected chi connectivity index (χ4v) is 5.63. The van der Waals surface area contributed by atoms with Gasteiger partial charge in [0, 0.05) is 24.1 Å². The zero-order valence-electron chi connectivity index (χ0n) is 21.5. The average molecular weight is 503 g/mol. The SMILES string of the molecule is CNC(=O)C1C(c2ccccc2)C(C(=O)c2ccccc2)C(c2ccccc2)N1C(=O)c1ccc(C)cc1. The minimum Gasteiger partial charge on any atom is -0.357 e. The molecule has 0 aromatic heterocycles. The highest BCUT2D eigenvalue weighted by molar-refractivity contribution is 6.04. The second-order valence-corrected chi connectivity index (χ2v) is 9.69. The molecule has 4 atom stereocenters. The molecule has 5 rings (SSSR count). The molecular weight excluding hydrogens is 472 g/mol. The van der Waals surface area contributed by atoms with Gasteiger partial charge in [-0.15, -0.1) is 0 Å². The predicted octanol–water partition coefficient (Wildman–Crippen LogP) is 5.59. The standard InChI is InChI=1S/C33H30N2O3/c1-22-18-20-26(21-19-22)33(38)35-29(24-14-8-4-9-15-24)28(31(36)25-16-10-5-11-17-25)27(30(35)32(37)34-2)23-12-6-3-7-13-23/h3-21,27-30H,1-2H3,(H,34,37). The molecule has 1 aliphatic heterocycles. The molecule has 1 saturated heterocycles. The van der Waals surface area contributed by atoms with Crippen molar-refractivity contribution < 1.29 is 14.4 Å². The molecule has 5 heteroatoms. The Bertz CT molecular complexity index is 1420. The predicted molar refractivity (Wildman–Crippen MR) is 148 cm³/mol. The lowest BCUT2D eigenvalue weighted by Gasteiger charge is -2.31. The van der Waals surface area contributed by atoms with E-state index < -0.39 is 23.9 Å². The highest BCUT2D eigenvalue weighted by atomic mass is 16.2. The van der Waals surface area contributed by atoms with Crippen LogP contribution < -0.4 is 5.32 Å². The third-order valence-corrected chi connectivity index (χ3v) is 7.40. The molecule has 4 aromatic carbocycles. The van der Waals surface area contributed by atoms with Gasteiger partial charge in [-0.05, 0) is 30.2 Å². The molecule has 190 valence electrons. The number of aryl methyl sites for hydroxylation is 1. The Morgan fingerprint density at radius 2 is 1.18 bits per heavy atom. The summed E-state index contributed by atoms with van der Waals surface area (Å²) in [5.74, 6) is -1.91. The first kappa shape index (κ1) is 25.2. The molecule has 1 fully saturated rings. The highest BCUT2D eigenvalue weighted by Crippen LogP contribution is 2.51. The first-order valence-electron chi connectivity index (χ1n) is 12.8. The molecule has 2 amide bonds. The van der Waals surface area contributed by atoms with E-state index in [0.717, 1.165) is 16.7 Å². The van der Waals surface area contributed by atoms with Crippen LogP contribution in [0.25, 0.3) is 0 Å². The van der Waals surface area contributed by atoms with Gasteiger partial charge in [0.25, 0.3) is 5.91 Å². The van der Waals surface area contributed by atoms with Crippen LogP contribution in [0.15, 0.2) is 115 Å². The first-order chi connectivity index (χ1) is 18.5. The van der Waals surface area contributed by atoms with Gasteiger partial charge in [-0.3, -0.25) is 14.4 Å². The van der Waals surface area contributed by atoms with Gasteiger partial charge in [-0.2, -0.15) is 0 Å². The second kappa shape index (κ2) is 10.9. The van der Waals surface area contributed by atoms with Gasteiger partial charge in [0.15, 0.2) is 5.78 Å². The van der Waals surface area contributed by atoms with Crippen molar-refractivity contribution in [2.75, 3.05) is 7.05 Å². The molecule has 0 spiro atoms. The molecule has 5 nitrogen and oxygen atoms in total. The van der Waals surface area contributed by atoms with E-state index in [2.05, 4.69) is 5.32 Å². The van der Waals surface area contributed by atoms with Gasteiger partial charge in [-0.25, -0.2) is 0 Å². The number of carbonyl (C=O) groups excluding carboxylic acids is 3. The summed E-state index contributed by atoms with van der Waals surface area (Å²) in [7, 11) is 1.57. The van der Waals surface area contributed by atoms with E-state index in [-0.39, 0.29) is 17.6 Å². The Balaban J connectivity index is 1.77. The Kier molecular flexibility index (Phi) is 7.18. The van der Waals surface area contributed by atoms with Crippen LogP contribution in [-0.4, -0.2) is 35.6 Å². The number of Topliss-reactive ketones (excluding diaryl/α,β-unsaturated/α-hetero) is 1. The number of carbonyl (C=O) groups is 3. The highest BCUT2D eigenvalue weighted by Gasteiger charge is 2.57. The van der Waals surface area contributed by atoms with Crippen LogP contribution in [0.3, 0.4) is 0 Å². The van der Waals surface area contributed by atoms with Crippen molar-refractivity contribution in [3.8, 4) is 0 Å². The van der Waals surface area contributed by atoms with Gasteiger partial charge in [-0.1, -0.05) is 109 Å². The Morgan fingerprint density at radius 3 is 1.74 bits per heavy atom. The number of hydrogen-bond donors (Lipinski definition) is 1. The number of hydrogen-bond acceptors (Lipinski definition) is 3. The summed E-state index contributed by atoms with van der Waals surface area (Å²) in [5, 5.41) is 2.78. The molecular formula is C33H30N2O3. The van der Waals surface area contributed by atoms with Crippen molar-refractivity contribution >= 4 is 17.6 Å². The van der Waals surface area contributed by atoms with Crippen molar-refractivity contribution in [2.24, 2.45) is 5.92 Å². The summed E-state index contributed by atoms with van der Waals surface area (Å²) in [5.41, 5.74) is 3.72. The summed E-state index contributed by atoms with van der Waals surface area (Å²) < 4.78 is 0. The molecule has 0 bridgehead atoms. The molecule has 1 aliphatic rings. The normalized spacial score (nSPS) is 20.6. The molecule has 1 N–H and O–H groups in total. The molecule has 1 heterocycles. The number of ketones is 1. The molecule has 4 unspecified atom stereocenters. The number of likely N-dealkylation sites (tertiary alicyclic amines) is 1. The first-order valence-corrected chi connectivity index (χ1v) is 12.8. The van der Waals surface area contributed by atoms with E-state index in [0.29, 0.717) is 11.1 Å². The molecule has 0 aliphatic carbocycles.